The maximum atomic E-state index is 12.9. The van der Waals surface area contributed by atoms with Crippen LogP contribution in [0.3, 0.4) is 0 Å². The average Bonchev–Trinajstić information content (AvgIpc) is 3.12. The van der Waals surface area contributed by atoms with Crippen molar-refractivity contribution in [2.24, 2.45) is 0 Å². The Hall–Kier alpha value is -2.57. The molecule has 158 valence electrons. The molecular weight excluding hydrogens is 423 g/mol. The molecule has 0 unspecified atom stereocenters. The fraction of sp³-hybridized carbons (Fsp3) is 0.318. The zero-order valence-electron chi connectivity index (χ0n) is 17.5. The van der Waals surface area contributed by atoms with Crippen molar-refractivity contribution in [2.45, 2.75) is 46.1 Å². The molecule has 0 bridgehead atoms. The number of aromatic nitrogens is 3. The van der Waals surface area contributed by atoms with Gasteiger partial charge in [0.15, 0.2) is 11.4 Å². The fourth-order valence-corrected chi connectivity index (χ4v) is 3.30. The van der Waals surface area contributed by atoms with E-state index in [4.69, 9.17) is 27.9 Å². The molecule has 30 heavy (non-hydrogen) atoms. The van der Waals surface area contributed by atoms with Gasteiger partial charge in [0.25, 0.3) is 5.91 Å². The average molecular weight is 447 g/mol. The van der Waals surface area contributed by atoms with Crippen LogP contribution in [0.5, 0.6) is 11.6 Å². The van der Waals surface area contributed by atoms with Gasteiger partial charge in [-0.25, -0.2) is 4.98 Å². The van der Waals surface area contributed by atoms with E-state index in [2.05, 4.69) is 50.0 Å². The molecule has 2 heterocycles. The predicted octanol–water partition coefficient (Wildman–Crippen LogP) is 6.51. The smallest absolute Gasteiger partial charge is 0.276 e. The van der Waals surface area contributed by atoms with Gasteiger partial charge >= 0.3 is 0 Å². The quantitative estimate of drug-likeness (QED) is 0.484. The Morgan fingerprint density at radius 2 is 1.87 bits per heavy atom. The van der Waals surface area contributed by atoms with Crippen molar-refractivity contribution in [1.82, 2.24) is 14.8 Å². The summed E-state index contributed by atoms with van der Waals surface area (Å²) in [6, 6.07) is 10.4. The lowest BCUT2D eigenvalue weighted by Crippen LogP contribution is -2.26. The zero-order valence-corrected chi connectivity index (χ0v) is 19.0. The van der Waals surface area contributed by atoms with Gasteiger partial charge in [-0.3, -0.25) is 9.48 Å². The Bertz CT molecular complexity index is 1070. The molecule has 0 saturated carbocycles. The fourth-order valence-electron chi connectivity index (χ4n) is 2.88. The monoisotopic (exact) mass is 446 g/mol. The maximum absolute atomic E-state index is 12.9. The van der Waals surface area contributed by atoms with Crippen LogP contribution in [0.15, 0.2) is 42.6 Å². The van der Waals surface area contributed by atoms with Gasteiger partial charge in [0.1, 0.15) is 5.02 Å². The number of amides is 1. The van der Waals surface area contributed by atoms with Crippen LogP contribution < -0.4 is 10.1 Å². The molecule has 8 heteroatoms. The van der Waals surface area contributed by atoms with E-state index in [0.29, 0.717) is 22.2 Å². The lowest BCUT2D eigenvalue weighted by Gasteiger charge is -2.23. The molecule has 2 aromatic heterocycles. The molecule has 6 nitrogen and oxygen atoms in total. The molecule has 0 fully saturated rings. The molecule has 0 spiro atoms. The van der Waals surface area contributed by atoms with Crippen LogP contribution in [0.25, 0.3) is 0 Å². The highest BCUT2D eigenvalue weighted by Gasteiger charge is 2.24. The van der Waals surface area contributed by atoms with Gasteiger partial charge in [-0.2, -0.15) is 5.10 Å². The molecule has 3 aromatic rings. The van der Waals surface area contributed by atoms with Crippen LogP contribution in [-0.4, -0.2) is 20.7 Å². The molecule has 0 saturated heterocycles. The number of ether oxygens (including phenoxy) is 1. The number of nitrogens with zero attached hydrogens (tertiary/aromatic N) is 3. The summed E-state index contributed by atoms with van der Waals surface area (Å²) in [7, 11) is 0. The molecule has 1 N–H and O–H groups in total. The summed E-state index contributed by atoms with van der Waals surface area (Å²) in [5, 5.41) is 8.10. The molecule has 1 aromatic carbocycles. The summed E-state index contributed by atoms with van der Waals surface area (Å²) in [4.78, 5) is 17.0. The van der Waals surface area contributed by atoms with Crippen LogP contribution in [-0.2, 0) is 5.54 Å². The second kappa shape index (κ2) is 8.66. The highest BCUT2D eigenvalue weighted by atomic mass is 35.5. The number of carbonyl (C=O) groups is 1. The lowest BCUT2D eigenvalue weighted by molar-refractivity contribution is 0.102. The molecular formula is C22H24Cl2N4O2. The van der Waals surface area contributed by atoms with Crippen molar-refractivity contribution in [3.05, 3.63) is 64.0 Å². The Labute approximate surface area is 186 Å². The first-order valence-electron chi connectivity index (χ1n) is 9.56. The van der Waals surface area contributed by atoms with Crippen molar-refractivity contribution >= 4 is 34.8 Å². The number of pyridine rings is 1. The second-order valence-corrected chi connectivity index (χ2v) is 9.03. The van der Waals surface area contributed by atoms with Gasteiger partial charge in [0, 0.05) is 11.9 Å². The van der Waals surface area contributed by atoms with E-state index in [9.17, 15) is 4.79 Å². The SMILES string of the molecule is CC(C)c1cc(C(=O)Nc2ccccc2Oc2ncc(Cl)cc2Cl)nn1C(C)(C)C. The number of hydrogen-bond acceptors (Lipinski definition) is 4. The van der Waals surface area contributed by atoms with E-state index < -0.39 is 0 Å². The van der Waals surface area contributed by atoms with Gasteiger partial charge in [0.2, 0.25) is 5.88 Å². The molecule has 3 rings (SSSR count). The minimum absolute atomic E-state index is 0.196. The first-order chi connectivity index (χ1) is 14.1. The number of carbonyl (C=O) groups excluding carboxylic acids is 1. The summed E-state index contributed by atoms with van der Waals surface area (Å²) in [5.41, 5.74) is 1.57. The lowest BCUT2D eigenvalue weighted by atomic mass is 10.1. The highest BCUT2D eigenvalue weighted by molar-refractivity contribution is 6.35. The molecule has 0 radical (unpaired) electrons. The van der Waals surface area contributed by atoms with E-state index in [1.54, 1.807) is 30.3 Å². The first kappa shape index (κ1) is 22.1. The topological polar surface area (TPSA) is 69.0 Å². The first-order valence-corrected chi connectivity index (χ1v) is 10.3. The van der Waals surface area contributed by atoms with Crippen LogP contribution in [0, 0.1) is 0 Å². The summed E-state index contributed by atoms with van der Waals surface area (Å²) in [5.74, 6) is 0.502. The molecule has 0 atom stereocenters. The minimum atomic E-state index is -0.328. The molecule has 1 amide bonds. The maximum Gasteiger partial charge on any atom is 0.276 e. The van der Waals surface area contributed by atoms with E-state index in [0.717, 1.165) is 5.69 Å². The van der Waals surface area contributed by atoms with Crippen LogP contribution in [0.2, 0.25) is 10.0 Å². The van der Waals surface area contributed by atoms with Crippen LogP contribution >= 0.6 is 23.2 Å². The summed E-state index contributed by atoms with van der Waals surface area (Å²) < 4.78 is 7.71. The van der Waals surface area contributed by atoms with Crippen molar-refractivity contribution in [2.75, 3.05) is 5.32 Å². The van der Waals surface area contributed by atoms with E-state index >= 15 is 0 Å². The van der Waals surface area contributed by atoms with Gasteiger partial charge in [-0.05, 0) is 51.0 Å². The van der Waals surface area contributed by atoms with Crippen LogP contribution in [0.1, 0.15) is 56.7 Å². The summed E-state index contributed by atoms with van der Waals surface area (Å²) in [6.07, 6.45) is 1.44. The summed E-state index contributed by atoms with van der Waals surface area (Å²) in [6.45, 7) is 10.3. The van der Waals surface area contributed by atoms with Crippen molar-refractivity contribution in [3.63, 3.8) is 0 Å². The number of anilines is 1. The molecule has 0 aliphatic rings. The van der Waals surface area contributed by atoms with Crippen molar-refractivity contribution < 1.29 is 9.53 Å². The number of para-hydroxylation sites is 2. The van der Waals surface area contributed by atoms with Crippen LogP contribution in [0.4, 0.5) is 5.69 Å². The van der Waals surface area contributed by atoms with E-state index in [-0.39, 0.29) is 28.3 Å². The normalized spacial score (nSPS) is 11.6. The van der Waals surface area contributed by atoms with Gasteiger partial charge in [-0.1, -0.05) is 49.2 Å². The van der Waals surface area contributed by atoms with Gasteiger partial charge in [-0.15, -0.1) is 0 Å². The summed E-state index contributed by atoms with van der Waals surface area (Å²) >= 11 is 12.0. The van der Waals surface area contributed by atoms with E-state index in [1.165, 1.54) is 6.20 Å². The van der Waals surface area contributed by atoms with Crippen molar-refractivity contribution in [1.29, 1.82) is 0 Å². The standard InChI is InChI=1S/C22H24Cl2N4O2/c1-13(2)18-11-17(27-28(18)22(3,4)5)20(29)26-16-8-6-7-9-19(16)30-21-15(24)10-14(23)12-25-21/h6-13H,1-5H3,(H,26,29). The minimum Gasteiger partial charge on any atom is -0.435 e. The Balaban J connectivity index is 1.88. The largest absolute Gasteiger partial charge is 0.435 e. The predicted molar refractivity (Wildman–Crippen MR) is 120 cm³/mol. The third-order valence-electron chi connectivity index (χ3n) is 4.31. The van der Waals surface area contributed by atoms with E-state index in [1.807, 2.05) is 10.7 Å². The number of halogens is 2. The number of hydrogen-bond donors (Lipinski definition) is 1. The zero-order chi connectivity index (χ0) is 22.1. The second-order valence-electron chi connectivity index (χ2n) is 8.18. The number of benzene rings is 1. The number of nitrogens with one attached hydrogen (secondary N) is 1. The highest BCUT2D eigenvalue weighted by Crippen LogP contribution is 2.33. The van der Waals surface area contributed by atoms with Crippen molar-refractivity contribution in [3.8, 4) is 11.6 Å². The molecule has 0 aliphatic carbocycles. The Kier molecular flexibility index (Phi) is 6.38. The number of rotatable bonds is 5. The third kappa shape index (κ3) is 4.94. The Morgan fingerprint density at radius 1 is 1.17 bits per heavy atom. The third-order valence-corrected chi connectivity index (χ3v) is 4.79. The Morgan fingerprint density at radius 3 is 2.47 bits per heavy atom. The molecule has 0 aliphatic heterocycles. The van der Waals surface area contributed by atoms with Gasteiger partial charge in [0.05, 0.1) is 16.2 Å². The van der Waals surface area contributed by atoms with Gasteiger partial charge < -0.3 is 10.1 Å².